The van der Waals surface area contributed by atoms with Crippen molar-refractivity contribution in [3.63, 3.8) is 0 Å². The summed E-state index contributed by atoms with van der Waals surface area (Å²) in [5.74, 6) is 0.000634. The molecule has 3 rings (SSSR count). The van der Waals surface area contributed by atoms with E-state index in [0.717, 1.165) is 11.1 Å². The highest BCUT2D eigenvalue weighted by Crippen LogP contribution is 2.22. The predicted octanol–water partition coefficient (Wildman–Crippen LogP) is 3.56. The van der Waals surface area contributed by atoms with Gasteiger partial charge in [0, 0.05) is 12.6 Å². The minimum Gasteiger partial charge on any atom is -0.492 e. The molecule has 0 bridgehead atoms. The second-order valence-corrected chi connectivity index (χ2v) is 8.53. The first-order valence-corrected chi connectivity index (χ1v) is 11.4. The van der Waals surface area contributed by atoms with Gasteiger partial charge in [0.2, 0.25) is 0 Å². The fourth-order valence-electron chi connectivity index (χ4n) is 3.12. The number of hydrogen-bond acceptors (Lipinski definition) is 5. The zero-order valence-electron chi connectivity index (χ0n) is 17.5. The van der Waals surface area contributed by atoms with Crippen LogP contribution in [0.4, 0.5) is 5.69 Å². The number of aromatic nitrogens is 1. The number of ether oxygens (including phenoxy) is 1. The molecule has 0 unspecified atom stereocenters. The summed E-state index contributed by atoms with van der Waals surface area (Å²) in [4.78, 5) is 16.6. The van der Waals surface area contributed by atoms with Gasteiger partial charge in [-0.1, -0.05) is 36.4 Å². The third kappa shape index (κ3) is 5.82. The topological polar surface area (TPSA) is 97.4 Å². The van der Waals surface area contributed by atoms with Crippen LogP contribution < -0.4 is 14.8 Å². The molecule has 1 aromatic heterocycles. The maximum Gasteiger partial charge on any atom is 0.262 e. The van der Waals surface area contributed by atoms with Crippen LogP contribution in [0.5, 0.6) is 5.75 Å². The van der Waals surface area contributed by atoms with Gasteiger partial charge in [-0.05, 0) is 43.5 Å². The number of rotatable bonds is 9. The highest BCUT2D eigenvalue weighted by atomic mass is 32.2. The van der Waals surface area contributed by atoms with E-state index in [0.29, 0.717) is 25.3 Å². The molecule has 2 aromatic carbocycles. The molecule has 0 aliphatic rings. The lowest BCUT2D eigenvalue weighted by molar-refractivity contribution is 0.0951. The van der Waals surface area contributed by atoms with Gasteiger partial charge >= 0.3 is 0 Å². The fraction of sp³-hybridized carbons (Fsp3) is 0.217. The molecule has 0 aliphatic carbocycles. The average Bonchev–Trinajstić information content (AvgIpc) is 2.75. The molecule has 31 heavy (non-hydrogen) atoms. The SMILES string of the molecule is CCOc1cncc(NS(=O)(=O)c2ccccc2C(=O)NCCc2ccccc2C)c1. The molecule has 1 amide bonds. The Labute approximate surface area is 182 Å². The Morgan fingerprint density at radius 2 is 1.81 bits per heavy atom. The molecule has 0 atom stereocenters. The lowest BCUT2D eigenvalue weighted by Crippen LogP contribution is -2.28. The lowest BCUT2D eigenvalue weighted by atomic mass is 10.1. The zero-order valence-corrected chi connectivity index (χ0v) is 18.3. The molecule has 0 spiro atoms. The molecule has 8 heteroatoms. The highest BCUT2D eigenvalue weighted by Gasteiger charge is 2.22. The summed E-state index contributed by atoms with van der Waals surface area (Å²) >= 11 is 0. The first kappa shape index (κ1) is 22.3. The third-order valence-corrected chi connectivity index (χ3v) is 6.08. The summed E-state index contributed by atoms with van der Waals surface area (Å²) < 4.78 is 33.8. The molecule has 0 aliphatic heterocycles. The Bertz CT molecular complexity index is 1160. The Morgan fingerprint density at radius 1 is 1.06 bits per heavy atom. The maximum atomic E-state index is 13.0. The quantitative estimate of drug-likeness (QED) is 0.531. The maximum absolute atomic E-state index is 13.0. The normalized spacial score (nSPS) is 11.0. The second-order valence-electron chi connectivity index (χ2n) is 6.88. The summed E-state index contributed by atoms with van der Waals surface area (Å²) in [6.45, 7) is 4.67. The van der Waals surface area contributed by atoms with E-state index >= 15 is 0 Å². The van der Waals surface area contributed by atoms with Crippen LogP contribution in [-0.2, 0) is 16.4 Å². The van der Waals surface area contributed by atoms with Crippen LogP contribution in [0.25, 0.3) is 0 Å². The molecule has 0 saturated heterocycles. The number of carbonyl (C=O) groups is 1. The summed E-state index contributed by atoms with van der Waals surface area (Å²) in [6.07, 6.45) is 3.53. The number of carbonyl (C=O) groups excluding carboxylic acids is 1. The first-order chi connectivity index (χ1) is 14.9. The van der Waals surface area contributed by atoms with Gasteiger partial charge in [0.15, 0.2) is 0 Å². The summed E-state index contributed by atoms with van der Waals surface area (Å²) in [5, 5.41) is 2.81. The molecule has 0 fully saturated rings. The van der Waals surface area contributed by atoms with Crippen molar-refractivity contribution in [2.24, 2.45) is 0 Å². The Kier molecular flexibility index (Phi) is 7.25. The monoisotopic (exact) mass is 439 g/mol. The zero-order chi connectivity index (χ0) is 22.3. The van der Waals surface area contributed by atoms with Gasteiger partial charge in [-0.15, -0.1) is 0 Å². The van der Waals surface area contributed by atoms with Crippen LogP contribution in [0.2, 0.25) is 0 Å². The van der Waals surface area contributed by atoms with Crippen LogP contribution in [0.3, 0.4) is 0 Å². The van der Waals surface area contributed by atoms with Crippen molar-refractivity contribution >= 4 is 21.6 Å². The van der Waals surface area contributed by atoms with Gasteiger partial charge in [-0.2, -0.15) is 0 Å². The summed E-state index contributed by atoms with van der Waals surface area (Å²) in [6, 6.07) is 15.6. The Hall–Kier alpha value is -3.39. The molecule has 0 saturated carbocycles. The van der Waals surface area contributed by atoms with E-state index in [9.17, 15) is 13.2 Å². The third-order valence-electron chi connectivity index (χ3n) is 4.64. The fourth-order valence-corrected chi connectivity index (χ4v) is 4.36. The first-order valence-electron chi connectivity index (χ1n) is 9.93. The van der Waals surface area contributed by atoms with Gasteiger partial charge < -0.3 is 10.1 Å². The summed E-state index contributed by atoms with van der Waals surface area (Å²) in [7, 11) is -4.01. The molecular formula is C23H25N3O4S. The number of amides is 1. The second kappa shape index (κ2) is 10.1. The van der Waals surface area contributed by atoms with Gasteiger partial charge in [0.1, 0.15) is 10.6 Å². The van der Waals surface area contributed by atoms with Gasteiger partial charge in [-0.25, -0.2) is 8.42 Å². The Balaban J connectivity index is 1.74. The van der Waals surface area contributed by atoms with E-state index in [2.05, 4.69) is 15.0 Å². The van der Waals surface area contributed by atoms with Crippen LogP contribution in [-0.4, -0.2) is 32.5 Å². The predicted molar refractivity (Wildman–Crippen MR) is 120 cm³/mol. The van der Waals surface area contributed by atoms with Crippen molar-refractivity contribution in [1.29, 1.82) is 0 Å². The van der Waals surface area contributed by atoms with E-state index in [-0.39, 0.29) is 16.1 Å². The number of sulfonamides is 1. The minimum atomic E-state index is -4.01. The van der Waals surface area contributed by atoms with Crippen molar-refractivity contribution in [2.45, 2.75) is 25.2 Å². The molecule has 3 aromatic rings. The number of anilines is 1. The van der Waals surface area contributed by atoms with Crippen molar-refractivity contribution in [1.82, 2.24) is 10.3 Å². The Morgan fingerprint density at radius 3 is 2.58 bits per heavy atom. The molecular weight excluding hydrogens is 414 g/mol. The molecule has 7 nitrogen and oxygen atoms in total. The van der Waals surface area contributed by atoms with Crippen molar-refractivity contribution in [2.75, 3.05) is 17.9 Å². The van der Waals surface area contributed by atoms with Gasteiger partial charge in [0.05, 0.1) is 30.3 Å². The number of nitrogens with zero attached hydrogens (tertiary/aromatic N) is 1. The lowest BCUT2D eigenvalue weighted by Gasteiger charge is -2.13. The van der Waals surface area contributed by atoms with Crippen LogP contribution >= 0.6 is 0 Å². The molecule has 2 N–H and O–H groups in total. The van der Waals surface area contributed by atoms with Crippen LogP contribution in [0.1, 0.15) is 28.4 Å². The van der Waals surface area contributed by atoms with Crippen molar-refractivity contribution < 1.29 is 17.9 Å². The van der Waals surface area contributed by atoms with E-state index in [1.165, 1.54) is 24.5 Å². The minimum absolute atomic E-state index is 0.0775. The van der Waals surface area contributed by atoms with Crippen LogP contribution in [0, 0.1) is 6.92 Å². The van der Waals surface area contributed by atoms with E-state index < -0.39 is 15.9 Å². The average molecular weight is 440 g/mol. The number of pyridine rings is 1. The number of aryl methyl sites for hydroxylation is 1. The van der Waals surface area contributed by atoms with Gasteiger partial charge in [0.25, 0.3) is 15.9 Å². The van der Waals surface area contributed by atoms with E-state index in [1.807, 2.05) is 38.1 Å². The van der Waals surface area contributed by atoms with Crippen molar-refractivity contribution in [3.05, 3.63) is 83.7 Å². The smallest absolute Gasteiger partial charge is 0.262 e. The molecule has 1 heterocycles. The van der Waals surface area contributed by atoms with Crippen molar-refractivity contribution in [3.8, 4) is 5.75 Å². The standard InChI is InChI=1S/C23H25N3O4S/c1-3-30-20-14-19(15-24-16-20)26-31(28,29)22-11-7-6-10-21(22)23(27)25-13-12-18-9-5-4-8-17(18)2/h4-11,14-16,26H,3,12-13H2,1-2H3,(H,25,27). The van der Waals surface area contributed by atoms with E-state index in [4.69, 9.17) is 4.74 Å². The largest absolute Gasteiger partial charge is 0.492 e. The number of nitrogens with one attached hydrogen (secondary N) is 2. The highest BCUT2D eigenvalue weighted by molar-refractivity contribution is 7.92. The van der Waals surface area contributed by atoms with Gasteiger partial charge in [-0.3, -0.25) is 14.5 Å². The number of benzene rings is 2. The van der Waals surface area contributed by atoms with Crippen LogP contribution in [0.15, 0.2) is 71.9 Å². The number of hydrogen-bond donors (Lipinski definition) is 2. The van der Waals surface area contributed by atoms with E-state index in [1.54, 1.807) is 18.2 Å². The molecule has 162 valence electrons. The molecule has 0 radical (unpaired) electrons. The summed E-state index contributed by atoms with van der Waals surface area (Å²) in [5.41, 5.74) is 2.60.